The number of nitrogens with one attached hydrogen (secondary N) is 1. The lowest BCUT2D eigenvalue weighted by Gasteiger charge is -2.20. The number of anilines is 1. The first-order chi connectivity index (χ1) is 16.6. The summed E-state index contributed by atoms with van der Waals surface area (Å²) in [6, 6.07) is 20.3. The molecule has 0 aliphatic heterocycles. The minimum atomic E-state index is -0.202. The number of rotatable bonds is 5. The number of aryl methyl sites for hydroxylation is 1. The quantitative estimate of drug-likeness (QED) is 0.340. The van der Waals surface area contributed by atoms with E-state index in [2.05, 4.69) is 49.5 Å². The number of hydrogen-bond acceptors (Lipinski definition) is 4. The minimum Gasteiger partial charge on any atom is -0.312 e. The minimum absolute atomic E-state index is 0.202. The molecule has 34 heavy (non-hydrogen) atoms. The van der Waals surface area contributed by atoms with Gasteiger partial charge in [0.2, 0.25) is 0 Å². The highest BCUT2D eigenvalue weighted by atomic mass is 32.1. The van der Waals surface area contributed by atoms with E-state index in [1.54, 1.807) is 11.3 Å². The third-order valence-electron chi connectivity index (χ3n) is 6.90. The molecule has 2 aromatic heterocycles. The van der Waals surface area contributed by atoms with Gasteiger partial charge < -0.3 is 5.32 Å². The standard InChI is InChI=1S/C29H27N3OS/c1-3-18-9-12-20(13-10-18)26-16-23(21-7-5-6-8-25(21)31-26)28(33)32-29-24(17-30)22-14-11-19(4-2)15-27(22)34-29/h5-10,12-13,16,19H,3-4,11,14-15H2,1-2H3,(H,32,33)/t19-/m0/s1. The molecule has 0 bridgehead atoms. The number of carbonyl (C=O) groups excluding carboxylic acids is 1. The molecule has 0 radical (unpaired) electrons. The maximum atomic E-state index is 13.6. The van der Waals surface area contributed by atoms with Gasteiger partial charge in [0, 0.05) is 15.8 Å². The molecule has 4 aromatic rings. The summed E-state index contributed by atoms with van der Waals surface area (Å²) in [6.45, 7) is 4.35. The van der Waals surface area contributed by atoms with E-state index in [9.17, 15) is 10.1 Å². The molecule has 1 atom stereocenters. The number of para-hydroxylation sites is 1. The highest BCUT2D eigenvalue weighted by Gasteiger charge is 2.26. The number of thiophene rings is 1. The summed E-state index contributed by atoms with van der Waals surface area (Å²) in [4.78, 5) is 19.6. The van der Waals surface area contributed by atoms with Crippen LogP contribution in [-0.4, -0.2) is 10.9 Å². The second kappa shape index (κ2) is 9.40. The zero-order chi connectivity index (χ0) is 23.7. The Kier molecular flexibility index (Phi) is 6.17. The van der Waals surface area contributed by atoms with Crippen LogP contribution in [-0.2, 0) is 19.3 Å². The lowest BCUT2D eigenvalue weighted by molar-refractivity contribution is 0.102. The number of aromatic nitrogens is 1. The summed E-state index contributed by atoms with van der Waals surface area (Å²) in [5.41, 5.74) is 6.12. The Hall–Kier alpha value is -3.49. The van der Waals surface area contributed by atoms with Gasteiger partial charge in [-0.15, -0.1) is 11.3 Å². The van der Waals surface area contributed by atoms with Crippen molar-refractivity contribution in [3.05, 3.63) is 81.7 Å². The van der Waals surface area contributed by atoms with Gasteiger partial charge in [-0.3, -0.25) is 4.79 Å². The Labute approximate surface area is 204 Å². The molecule has 4 nitrogen and oxygen atoms in total. The van der Waals surface area contributed by atoms with E-state index in [0.717, 1.165) is 59.8 Å². The molecule has 0 fully saturated rings. The summed E-state index contributed by atoms with van der Waals surface area (Å²) in [6.07, 6.45) is 5.14. The van der Waals surface area contributed by atoms with E-state index in [0.29, 0.717) is 22.0 Å². The van der Waals surface area contributed by atoms with Crippen molar-refractivity contribution in [2.75, 3.05) is 5.32 Å². The van der Waals surface area contributed by atoms with E-state index in [1.807, 2.05) is 30.3 Å². The number of fused-ring (bicyclic) bond motifs is 2. The van der Waals surface area contributed by atoms with Gasteiger partial charge >= 0.3 is 0 Å². The molecule has 0 unspecified atom stereocenters. The molecule has 1 aliphatic carbocycles. The number of hydrogen-bond donors (Lipinski definition) is 1. The molecule has 1 amide bonds. The fourth-order valence-electron chi connectivity index (χ4n) is 4.80. The molecule has 1 N–H and O–H groups in total. The van der Waals surface area contributed by atoms with Crippen LogP contribution in [0.5, 0.6) is 0 Å². The van der Waals surface area contributed by atoms with Crippen LogP contribution in [0.15, 0.2) is 54.6 Å². The van der Waals surface area contributed by atoms with Crippen molar-refractivity contribution in [2.45, 2.75) is 46.0 Å². The molecule has 0 spiro atoms. The average Bonchev–Trinajstić information content (AvgIpc) is 3.23. The van der Waals surface area contributed by atoms with Gasteiger partial charge in [-0.25, -0.2) is 4.98 Å². The van der Waals surface area contributed by atoms with E-state index in [-0.39, 0.29) is 5.91 Å². The molecular weight excluding hydrogens is 438 g/mol. The molecule has 2 heterocycles. The molecular formula is C29H27N3OS. The van der Waals surface area contributed by atoms with E-state index in [4.69, 9.17) is 4.98 Å². The summed E-state index contributed by atoms with van der Waals surface area (Å²) in [5.74, 6) is 0.458. The van der Waals surface area contributed by atoms with Crippen LogP contribution < -0.4 is 5.32 Å². The molecule has 5 heteroatoms. The molecule has 2 aromatic carbocycles. The van der Waals surface area contributed by atoms with Crippen LogP contribution >= 0.6 is 11.3 Å². The maximum absolute atomic E-state index is 13.6. The van der Waals surface area contributed by atoms with E-state index in [1.165, 1.54) is 10.4 Å². The Bertz CT molecular complexity index is 1410. The monoisotopic (exact) mass is 465 g/mol. The summed E-state index contributed by atoms with van der Waals surface area (Å²) >= 11 is 1.57. The normalized spacial score (nSPS) is 15.0. The number of nitrogens with zero attached hydrogens (tertiary/aromatic N) is 2. The fraction of sp³-hybridized carbons (Fsp3) is 0.276. The van der Waals surface area contributed by atoms with Crippen LogP contribution in [0.1, 0.15) is 58.6 Å². The van der Waals surface area contributed by atoms with Crippen molar-refractivity contribution in [1.82, 2.24) is 4.98 Å². The first-order valence-electron chi connectivity index (χ1n) is 12.0. The molecule has 0 saturated carbocycles. The lowest BCUT2D eigenvalue weighted by Crippen LogP contribution is -2.13. The summed E-state index contributed by atoms with van der Waals surface area (Å²) in [7, 11) is 0. The van der Waals surface area contributed by atoms with Crippen LogP contribution in [0.25, 0.3) is 22.2 Å². The molecule has 0 saturated heterocycles. The van der Waals surface area contributed by atoms with Crippen molar-refractivity contribution >= 4 is 33.1 Å². The third kappa shape index (κ3) is 4.10. The van der Waals surface area contributed by atoms with Gasteiger partial charge in [-0.05, 0) is 54.9 Å². The first kappa shape index (κ1) is 22.3. The van der Waals surface area contributed by atoms with E-state index < -0.39 is 0 Å². The smallest absolute Gasteiger partial charge is 0.257 e. The summed E-state index contributed by atoms with van der Waals surface area (Å²) < 4.78 is 0. The fourth-order valence-corrected chi connectivity index (χ4v) is 6.11. The number of amides is 1. The maximum Gasteiger partial charge on any atom is 0.257 e. The average molecular weight is 466 g/mol. The third-order valence-corrected chi connectivity index (χ3v) is 8.07. The second-order valence-electron chi connectivity index (χ2n) is 8.91. The van der Waals surface area contributed by atoms with Gasteiger partial charge in [0.15, 0.2) is 0 Å². The first-order valence-corrected chi connectivity index (χ1v) is 12.8. The Morgan fingerprint density at radius 3 is 2.71 bits per heavy atom. The van der Waals surface area contributed by atoms with Gasteiger partial charge in [0.05, 0.1) is 22.3 Å². The number of pyridine rings is 1. The number of carbonyl (C=O) groups is 1. The van der Waals surface area contributed by atoms with Crippen molar-refractivity contribution < 1.29 is 4.79 Å². The SMILES string of the molecule is CCc1ccc(-c2cc(C(=O)Nc3sc4c(c3C#N)CC[C@H](CC)C4)c3ccccc3n2)cc1. The molecule has 1 aliphatic rings. The van der Waals surface area contributed by atoms with Crippen LogP contribution in [0.3, 0.4) is 0 Å². The van der Waals surface area contributed by atoms with Gasteiger partial charge in [0.1, 0.15) is 11.1 Å². The molecule has 5 rings (SSSR count). The second-order valence-corrected chi connectivity index (χ2v) is 10.0. The van der Waals surface area contributed by atoms with Crippen LogP contribution in [0, 0.1) is 17.2 Å². The van der Waals surface area contributed by atoms with Gasteiger partial charge in [0.25, 0.3) is 5.91 Å². The summed E-state index contributed by atoms with van der Waals surface area (Å²) in [5, 5.41) is 14.4. The predicted molar refractivity (Wildman–Crippen MR) is 139 cm³/mol. The van der Waals surface area contributed by atoms with Crippen LogP contribution in [0.4, 0.5) is 5.00 Å². The highest BCUT2D eigenvalue weighted by Crippen LogP contribution is 2.40. The van der Waals surface area contributed by atoms with Crippen molar-refractivity contribution in [2.24, 2.45) is 5.92 Å². The Balaban J connectivity index is 1.54. The predicted octanol–water partition coefficient (Wildman–Crippen LogP) is 7.16. The van der Waals surface area contributed by atoms with Gasteiger partial charge in [-0.1, -0.05) is 62.7 Å². The number of nitriles is 1. The van der Waals surface area contributed by atoms with Crippen molar-refractivity contribution in [3.8, 4) is 17.3 Å². The van der Waals surface area contributed by atoms with Gasteiger partial charge in [-0.2, -0.15) is 5.26 Å². The lowest BCUT2D eigenvalue weighted by atomic mass is 9.86. The highest BCUT2D eigenvalue weighted by molar-refractivity contribution is 7.16. The Morgan fingerprint density at radius 1 is 1.18 bits per heavy atom. The topological polar surface area (TPSA) is 65.8 Å². The molecule has 170 valence electrons. The zero-order valence-corrected chi connectivity index (χ0v) is 20.3. The van der Waals surface area contributed by atoms with Crippen LogP contribution in [0.2, 0.25) is 0 Å². The zero-order valence-electron chi connectivity index (χ0n) is 19.5. The van der Waals surface area contributed by atoms with Crippen molar-refractivity contribution in [3.63, 3.8) is 0 Å². The Morgan fingerprint density at radius 2 is 1.97 bits per heavy atom. The van der Waals surface area contributed by atoms with E-state index >= 15 is 0 Å². The largest absolute Gasteiger partial charge is 0.312 e. The number of benzene rings is 2. The van der Waals surface area contributed by atoms with Crippen molar-refractivity contribution in [1.29, 1.82) is 5.26 Å².